The average molecular weight is 448 g/mol. The van der Waals surface area contributed by atoms with Gasteiger partial charge in [0, 0.05) is 22.6 Å². The standard InChI is InChI=1S/C30H29N3O/c1-33-16-13-30(14-17-33,28-7-3-2-4-8-28)22-34-21-27-19-26(18-25-6-5-15-32-29(25)27)24-11-9-23(20-31)10-12-24/h2-12,15,18-19H,13-14,16-17,21-22H2,1H3. The summed E-state index contributed by atoms with van der Waals surface area (Å²) in [4.78, 5) is 7.07. The highest BCUT2D eigenvalue weighted by Gasteiger charge is 2.35. The van der Waals surface area contributed by atoms with Crippen molar-refractivity contribution >= 4 is 10.9 Å². The van der Waals surface area contributed by atoms with Gasteiger partial charge >= 0.3 is 0 Å². The zero-order valence-electron chi connectivity index (χ0n) is 19.6. The molecule has 0 bridgehead atoms. The van der Waals surface area contributed by atoms with E-state index in [1.807, 2.05) is 36.5 Å². The van der Waals surface area contributed by atoms with Crippen molar-refractivity contribution in [2.75, 3.05) is 26.7 Å². The molecule has 0 saturated carbocycles. The number of fused-ring (bicyclic) bond motifs is 1. The Balaban J connectivity index is 1.42. The highest BCUT2D eigenvalue weighted by Crippen LogP contribution is 2.36. The highest BCUT2D eigenvalue weighted by atomic mass is 16.5. The van der Waals surface area contributed by atoms with Crippen LogP contribution in [0.4, 0.5) is 0 Å². The Morgan fingerprint density at radius 1 is 0.941 bits per heavy atom. The predicted octanol–water partition coefficient (Wildman–Crippen LogP) is 5.95. The number of benzene rings is 3. The first-order valence-electron chi connectivity index (χ1n) is 11.9. The Bertz CT molecular complexity index is 1300. The molecule has 0 radical (unpaired) electrons. The van der Waals surface area contributed by atoms with Gasteiger partial charge in [0.25, 0.3) is 0 Å². The Labute approximate surface area is 201 Å². The Morgan fingerprint density at radius 2 is 1.71 bits per heavy atom. The van der Waals surface area contributed by atoms with Gasteiger partial charge in [-0.05, 0) is 80.0 Å². The van der Waals surface area contributed by atoms with E-state index >= 15 is 0 Å². The first-order chi connectivity index (χ1) is 16.7. The van der Waals surface area contributed by atoms with Gasteiger partial charge in [-0.1, -0.05) is 48.5 Å². The van der Waals surface area contributed by atoms with Gasteiger partial charge in [0.05, 0.1) is 30.4 Å². The van der Waals surface area contributed by atoms with Crippen LogP contribution in [0.1, 0.15) is 29.5 Å². The molecule has 1 aliphatic heterocycles. The van der Waals surface area contributed by atoms with Crippen LogP contribution in [0.3, 0.4) is 0 Å². The summed E-state index contributed by atoms with van der Waals surface area (Å²) >= 11 is 0. The summed E-state index contributed by atoms with van der Waals surface area (Å²) in [5.41, 5.74) is 6.35. The fraction of sp³-hybridized carbons (Fsp3) is 0.267. The number of nitrogens with zero attached hydrogens (tertiary/aromatic N) is 3. The first kappa shape index (κ1) is 22.3. The smallest absolute Gasteiger partial charge is 0.0991 e. The number of hydrogen-bond acceptors (Lipinski definition) is 4. The number of rotatable bonds is 6. The zero-order valence-corrected chi connectivity index (χ0v) is 19.6. The summed E-state index contributed by atoms with van der Waals surface area (Å²) in [7, 11) is 2.20. The maximum Gasteiger partial charge on any atom is 0.0991 e. The van der Waals surface area contributed by atoms with E-state index in [0.29, 0.717) is 18.8 Å². The molecule has 170 valence electrons. The van der Waals surface area contributed by atoms with Crippen LogP contribution >= 0.6 is 0 Å². The van der Waals surface area contributed by atoms with Crippen molar-refractivity contribution in [3.63, 3.8) is 0 Å². The van der Waals surface area contributed by atoms with E-state index in [9.17, 15) is 0 Å². The number of pyridine rings is 1. The molecule has 1 aromatic heterocycles. The SMILES string of the molecule is CN1CCC(COCc2cc(-c3ccc(C#N)cc3)cc3cccnc23)(c2ccccc2)CC1. The molecule has 4 nitrogen and oxygen atoms in total. The van der Waals surface area contributed by atoms with Crippen LogP contribution in [-0.4, -0.2) is 36.6 Å². The van der Waals surface area contributed by atoms with Gasteiger partial charge in [-0.2, -0.15) is 5.26 Å². The maximum absolute atomic E-state index is 9.13. The van der Waals surface area contributed by atoms with Crippen LogP contribution in [0.2, 0.25) is 0 Å². The summed E-state index contributed by atoms with van der Waals surface area (Å²) in [6.45, 7) is 3.37. The summed E-state index contributed by atoms with van der Waals surface area (Å²) in [6, 6.07) is 29.2. The number of nitriles is 1. The normalized spacial score (nSPS) is 15.8. The molecule has 0 amide bonds. The van der Waals surface area contributed by atoms with Crippen LogP contribution in [-0.2, 0) is 16.8 Å². The van der Waals surface area contributed by atoms with Crippen molar-refractivity contribution in [2.24, 2.45) is 0 Å². The lowest BCUT2D eigenvalue weighted by Gasteiger charge is -2.41. The van der Waals surface area contributed by atoms with Gasteiger partial charge in [-0.25, -0.2) is 0 Å². The molecule has 5 rings (SSSR count). The van der Waals surface area contributed by atoms with Crippen molar-refractivity contribution in [1.29, 1.82) is 5.26 Å². The molecule has 0 unspecified atom stereocenters. The van der Waals surface area contributed by atoms with Crippen molar-refractivity contribution in [3.05, 3.63) is 102 Å². The number of ether oxygens (including phenoxy) is 1. The third kappa shape index (κ3) is 4.59. The Hall–Kier alpha value is -3.52. The predicted molar refractivity (Wildman–Crippen MR) is 136 cm³/mol. The van der Waals surface area contributed by atoms with E-state index in [1.165, 1.54) is 5.56 Å². The number of aromatic nitrogens is 1. The number of piperidine rings is 1. The molecule has 1 saturated heterocycles. The van der Waals surface area contributed by atoms with Gasteiger partial charge in [-0.3, -0.25) is 4.98 Å². The molecular formula is C30H29N3O. The molecule has 0 spiro atoms. The third-order valence-corrected chi connectivity index (χ3v) is 7.10. The molecule has 0 atom stereocenters. The van der Waals surface area contributed by atoms with E-state index in [1.54, 1.807) is 0 Å². The Kier molecular flexibility index (Phi) is 6.40. The second-order valence-corrected chi connectivity index (χ2v) is 9.34. The quantitative estimate of drug-likeness (QED) is 0.366. The fourth-order valence-electron chi connectivity index (χ4n) is 4.99. The summed E-state index contributed by atoms with van der Waals surface area (Å²) in [5, 5.41) is 10.2. The van der Waals surface area contributed by atoms with Crippen molar-refractivity contribution < 1.29 is 4.74 Å². The Morgan fingerprint density at radius 3 is 2.44 bits per heavy atom. The molecule has 0 N–H and O–H groups in total. The molecule has 4 heteroatoms. The molecule has 1 aliphatic rings. The van der Waals surface area contributed by atoms with E-state index < -0.39 is 0 Å². The average Bonchev–Trinajstić information content (AvgIpc) is 2.90. The molecular weight excluding hydrogens is 418 g/mol. The molecule has 34 heavy (non-hydrogen) atoms. The van der Waals surface area contributed by atoms with Crippen molar-refractivity contribution in [1.82, 2.24) is 9.88 Å². The second-order valence-electron chi connectivity index (χ2n) is 9.34. The molecule has 2 heterocycles. The van der Waals surface area contributed by atoms with E-state index in [-0.39, 0.29) is 5.41 Å². The van der Waals surface area contributed by atoms with Crippen LogP contribution in [0.15, 0.2) is 85.1 Å². The van der Waals surface area contributed by atoms with Crippen LogP contribution in [0.5, 0.6) is 0 Å². The van der Waals surface area contributed by atoms with Gasteiger partial charge in [0.1, 0.15) is 0 Å². The van der Waals surface area contributed by atoms with Crippen LogP contribution < -0.4 is 0 Å². The summed E-state index contributed by atoms with van der Waals surface area (Å²) < 4.78 is 6.49. The zero-order chi connectivity index (χ0) is 23.4. The van der Waals surface area contributed by atoms with E-state index in [0.717, 1.165) is 53.5 Å². The minimum Gasteiger partial charge on any atom is -0.376 e. The lowest BCUT2D eigenvalue weighted by Crippen LogP contribution is -2.43. The minimum atomic E-state index is 0.0434. The largest absolute Gasteiger partial charge is 0.376 e. The maximum atomic E-state index is 9.13. The molecule has 4 aromatic rings. The second kappa shape index (κ2) is 9.77. The van der Waals surface area contributed by atoms with Gasteiger partial charge in [0.15, 0.2) is 0 Å². The van der Waals surface area contributed by atoms with Crippen LogP contribution in [0, 0.1) is 11.3 Å². The summed E-state index contributed by atoms with van der Waals surface area (Å²) in [6.07, 6.45) is 4.03. The number of hydrogen-bond donors (Lipinski definition) is 0. The lowest BCUT2D eigenvalue weighted by molar-refractivity contribution is 0.0412. The van der Waals surface area contributed by atoms with Gasteiger partial charge < -0.3 is 9.64 Å². The fourth-order valence-corrected chi connectivity index (χ4v) is 4.99. The topological polar surface area (TPSA) is 49.1 Å². The lowest BCUT2D eigenvalue weighted by atomic mass is 9.73. The number of likely N-dealkylation sites (tertiary alicyclic amines) is 1. The van der Waals surface area contributed by atoms with E-state index in [2.05, 4.69) is 71.5 Å². The first-order valence-corrected chi connectivity index (χ1v) is 11.9. The van der Waals surface area contributed by atoms with Crippen molar-refractivity contribution in [2.45, 2.75) is 24.9 Å². The molecule has 1 fully saturated rings. The third-order valence-electron chi connectivity index (χ3n) is 7.10. The molecule has 0 aliphatic carbocycles. The monoisotopic (exact) mass is 447 g/mol. The highest BCUT2D eigenvalue weighted by molar-refractivity contribution is 5.87. The van der Waals surface area contributed by atoms with Crippen molar-refractivity contribution in [3.8, 4) is 17.2 Å². The van der Waals surface area contributed by atoms with Gasteiger partial charge in [0.2, 0.25) is 0 Å². The molecule has 3 aromatic carbocycles. The minimum absolute atomic E-state index is 0.0434. The van der Waals surface area contributed by atoms with Gasteiger partial charge in [-0.15, -0.1) is 0 Å². The van der Waals surface area contributed by atoms with E-state index in [4.69, 9.17) is 10.00 Å². The summed E-state index contributed by atoms with van der Waals surface area (Å²) in [5.74, 6) is 0. The van der Waals surface area contributed by atoms with Crippen LogP contribution in [0.25, 0.3) is 22.0 Å².